The number of piperidine rings is 1. The van der Waals surface area contributed by atoms with Crippen LogP contribution in [0.4, 0.5) is 4.79 Å². The van der Waals surface area contributed by atoms with E-state index >= 15 is 0 Å². The van der Waals surface area contributed by atoms with Gasteiger partial charge in [0.2, 0.25) is 0 Å². The van der Waals surface area contributed by atoms with Crippen LogP contribution in [0.25, 0.3) is 0 Å². The molecule has 0 spiro atoms. The van der Waals surface area contributed by atoms with Crippen molar-refractivity contribution in [2.45, 2.75) is 84.5 Å². The molecule has 5 heteroatoms. The molecule has 1 saturated heterocycles. The number of rotatable bonds is 4. The summed E-state index contributed by atoms with van der Waals surface area (Å²) < 4.78 is 6.67. The van der Waals surface area contributed by atoms with Crippen molar-refractivity contribution in [3.05, 3.63) is 9.66 Å². The number of halogens is 1. The van der Waals surface area contributed by atoms with E-state index < -0.39 is 11.2 Å². The van der Waals surface area contributed by atoms with Gasteiger partial charge in [-0.2, -0.15) is 0 Å². The zero-order valence-corrected chi connectivity index (χ0v) is 17.5. The van der Waals surface area contributed by atoms with Gasteiger partial charge in [0.25, 0.3) is 0 Å². The molecule has 1 heterocycles. The fourth-order valence-corrected chi connectivity index (χ4v) is 4.49. The Balaban J connectivity index is 2.89. The highest BCUT2D eigenvalue weighted by Gasteiger charge is 2.41. The second kappa shape index (κ2) is 8.19. The highest BCUT2D eigenvalue weighted by atomic mass is 127. The Morgan fingerprint density at radius 1 is 1.35 bits per heavy atom. The first kappa shape index (κ1) is 20.7. The molecule has 1 N–H and O–H groups in total. The molecule has 23 heavy (non-hydrogen) atoms. The molecule has 1 fully saturated rings. The standard InChI is InChI=1S/C18H32INO3/c1-13(2)11-14(19)12-18(6,22)15-9-7-8-10-20(15)16(21)23-17(3,4)5/h11,13,15,22H,7-10,12H2,1-6H3/b14-11-/t15-,18-/m0/s1. The molecule has 0 radical (unpaired) electrons. The van der Waals surface area contributed by atoms with Crippen LogP contribution < -0.4 is 0 Å². The lowest BCUT2D eigenvalue weighted by atomic mass is 9.85. The summed E-state index contributed by atoms with van der Waals surface area (Å²) in [7, 11) is 0. The van der Waals surface area contributed by atoms with E-state index in [2.05, 4.69) is 42.5 Å². The number of nitrogens with zero attached hydrogens (tertiary/aromatic N) is 1. The van der Waals surface area contributed by atoms with Crippen molar-refractivity contribution < 1.29 is 14.6 Å². The monoisotopic (exact) mass is 437 g/mol. The molecule has 0 saturated carbocycles. The predicted octanol–water partition coefficient (Wildman–Crippen LogP) is 4.89. The van der Waals surface area contributed by atoms with Crippen LogP contribution in [0.3, 0.4) is 0 Å². The highest BCUT2D eigenvalue weighted by molar-refractivity contribution is 14.1. The van der Waals surface area contributed by atoms with Crippen LogP contribution in [0.15, 0.2) is 9.66 Å². The molecule has 0 aromatic rings. The minimum absolute atomic E-state index is 0.198. The number of allylic oxidation sites excluding steroid dienone is 1. The molecular weight excluding hydrogens is 405 g/mol. The third-order valence-corrected chi connectivity index (χ3v) is 4.63. The summed E-state index contributed by atoms with van der Waals surface area (Å²) in [5.74, 6) is 0.450. The number of ether oxygens (including phenoxy) is 1. The second-order valence-electron chi connectivity index (χ2n) is 8.08. The molecule has 0 bridgehead atoms. The Morgan fingerprint density at radius 2 is 1.96 bits per heavy atom. The first-order valence-electron chi connectivity index (χ1n) is 8.50. The van der Waals surface area contributed by atoms with Gasteiger partial charge in [-0.05, 0) is 79.0 Å². The fourth-order valence-electron chi connectivity index (χ4n) is 3.00. The number of amides is 1. The predicted molar refractivity (Wildman–Crippen MR) is 103 cm³/mol. The molecule has 134 valence electrons. The van der Waals surface area contributed by atoms with Crippen LogP contribution in [0.1, 0.15) is 67.2 Å². The van der Waals surface area contributed by atoms with Crippen LogP contribution in [0.2, 0.25) is 0 Å². The summed E-state index contributed by atoms with van der Waals surface area (Å²) in [5, 5.41) is 11.0. The van der Waals surface area contributed by atoms with E-state index in [0.717, 1.165) is 22.8 Å². The van der Waals surface area contributed by atoms with Crippen molar-refractivity contribution in [2.75, 3.05) is 6.54 Å². The van der Waals surface area contributed by atoms with E-state index in [1.54, 1.807) is 4.90 Å². The van der Waals surface area contributed by atoms with Gasteiger partial charge in [-0.3, -0.25) is 0 Å². The van der Waals surface area contributed by atoms with Gasteiger partial charge in [-0.15, -0.1) is 0 Å². The number of likely N-dealkylation sites (tertiary alicyclic amines) is 1. The lowest BCUT2D eigenvalue weighted by Crippen LogP contribution is -2.56. The van der Waals surface area contributed by atoms with Crippen LogP contribution >= 0.6 is 22.6 Å². The first-order valence-corrected chi connectivity index (χ1v) is 9.58. The van der Waals surface area contributed by atoms with Gasteiger partial charge in [0.15, 0.2) is 0 Å². The quantitative estimate of drug-likeness (QED) is 0.637. The summed E-state index contributed by atoms with van der Waals surface area (Å²) in [6.45, 7) is 12.4. The Hall–Kier alpha value is -0.300. The second-order valence-corrected chi connectivity index (χ2v) is 9.46. The first-order chi connectivity index (χ1) is 10.4. The number of carbonyl (C=O) groups excluding carboxylic acids is 1. The van der Waals surface area contributed by atoms with Gasteiger partial charge in [-0.1, -0.05) is 19.9 Å². The average Bonchev–Trinajstić information content (AvgIpc) is 2.34. The Labute approximate surface area is 154 Å². The summed E-state index contributed by atoms with van der Waals surface area (Å²) in [6, 6.07) is -0.198. The Kier molecular flexibility index (Phi) is 7.38. The maximum Gasteiger partial charge on any atom is 0.410 e. The topological polar surface area (TPSA) is 49.8 Å². The fraction of sp³-hybridized carbons (Fsp3) is 0.833. The van der Waals surface area contributed by atoms with E-state index in [-0.39, 0.29) is 12.1 Å². The van der Waals surface area contributed by atoms with Gasteiger partial charge in [0.1, 0.15) is 5.60 Å². The van der Waals surface area contributed by atoms with Crippen LogP contribution in [-0.2, 0) is 4.74 Å². The largest absolute Gasteiger partial charge is 0.444 e. The van der Waals surface area contributed by atoms with Gasteiger partial charge in [-0.25, -0.2) is 4.79 Å². The molecule has 1 rings (SSSR count). The lowest BCUT2D eigenvalue weighted by molar-refractivity contribution is -0.0575. The number of hydrogen-bond acceptors (Lipinski definition) is 3. The summed E-state index contributed by atoms with van der Waals surface area (Å²) in [4.78, 5) is 14.2. The van der Waals surface area contributed by atoms with E-state index in [9.17, 15) is 9.90 Å². The molecule has 0 unspecified atom stereocenters. The molecule has 0 aliphatic carbocycles. The van der Waals surface area contributed by atoms with Crippen molar-refractivity contribution in [1.29, 1.82) is 0 Å². The number of aliphatic hydroxyl groups is 1. The SMILES string of the molecule is CC(C)/C=C(\I)C[C@](C)(O)[C@@H]1CCCCN1C(=O)OC(C)(C)C. The summed E-state index contributed by atoms with van der Waals surface area (Å²) in [6.07, 6.45) is 5.23. The maximum absolute atomic E-state index is 12.5. The zero-order valence-electron chi connectivity index (χ0n) is 15.4. The van der Waals surface area contributed by atoms with E-state index in [1.165, 1.54) is 0 Å². The van der Waals surface area contributed by atoms with Gasteiger partial charge < -0.3 is 14.7 Å². The van der Waals surface area contributed by atoms with Crippen molar-refractivity contribution >= 4 is 28.7 Å². The minimum atomic E-state index is -0.945. The molecule has 1 aliphatic heterocycles. The zero-order chi connectivity index (χ0) is 17.8. The van der Waals surface area contributed by atoms with E-state index in [1.807, 2.05) is 27.7 Å². The molecule has 1 aliphatic rings. The van der Waals surface area contributed by atoms with Crippen molar-refractivity contribution in [3.8, 4) is 0 Å². The van der Waals surface area contributed by atoms with Crippen molar-refractivity contribution in [2.24, 2.45) is 5.92 Å². The Bertz CT molecular complexity index is 438. The average molecular weight is 437 g/mol. The van der Waals surface area contributed by atoms with Crippen LogP contribution in [-0.4, -0.2) is 39.9 Å². The Morgan fingerprint density at radius 3 is 2.48 bits per heavy atom. The maximum atomic E-state index is 12.5. The van der Waals surface area contributed by atoms with Crippen molar-refractivity contribution in [3.63, 3.8) is 0 Å². The molecule has 0 aromatic carbocycles. The summed E-state index contributed by atoms with van der Waals surface area (Å²) in [5.41, 5.74) is -1.46. The smallest absolute Gasteiger partial charge is 0.410 e. The molecule has 0 aromatic heterocycles. The van der Waals surface area contributed by atoms with Gasteiger partial charge >= 0.3 is 6.09 Å². The lowest BCUT2D eigenvalue weighted by Gasteiger charge is -2.44. The van der Waals surface area contributed by atoms with Crippen molar-refractivity contribution in [1.82, 2.24) is 4.90 Å². The number of hydrogen-bond donors (Lipinski definition) is 1. The normalized spacial score (nSPS) is 22.9. The van der Waals surface area contributed by atoms with Gasteiger partial charge in [0, 0.05) is 13.0 Å². The van der Waals surface area contributed by atoms with E-state index in [0.29, 0.717) is 18.9 Å². The minimum Gasteiger partial charge on any atom is -0.444 e. The summed E-state index contributed by atoms with van der Waals surface area (Å²) >= 11 is 2.29. The molecular formula is C18H32INO3. The van der Waals surface area contributed by atoms with Crippen LogP contribution in [0.5, 0.6) is 0 Å². The van der Waals surface area contributed by atoms with Gasteiger partial charge in [0.05, 0.1) is 11.6 Å². The third-order valence-electron chi connectivity index (χ3n) is 3.89. The van der Waals surface area contributed by atoms with Crippen LogP contribution in [0, 0.1) is 5.92 Å². The molecule has 2 atom stereocenters. The molecule has 4 nitrogen and oxygen atoms in total. The highest BCUT2D eigenvalue weighted by Crippen LogP contribution is 2.33. The third kappa shape index (κ3) is 6.99. The van der Waals surface area contributed by atoms with E-state index in [4.69, 9.17) is 4.74 Å². The molecule has 1 amide bonds. The number of carbonyl (C=O) groups is 1.